The monoisotopic (exact) mass is 274 g/mol. The highest BCUT2D eigenvalue weighted by atomic mass is 35.5. The van der Waals surface area contributed by atoms with Crippen LogP contribution in [0.4, 0.5) is 4.79 Å². The third kappa shape index (κ3) is 4.17. The van der Waals surface area contributed by atoms with Gasteiger partial charge < -0.3 is 4.74 Å². The highest BCUT2D eigenvalue weighted by Gasteiger charge is 2.06. The van der Waals surface area contributed by atoms with E-state index in [9.17, 15) is 4.79 Å². The first-order valence-electron chi connectivity index (χ1n) is 4.87. The molecule has 1 amide bonds. The highest BCUT2D eigenvalue weighted by molar-refractivity contribution is 6.34. The number of amides is 1. The van der Waals surface area contributed by atoms with Gasteiger partial charge in [-0.2, -0.15) is 0 Å². The number of ether oxygens (including phenoxy) is 1. The van der Waals surface area contributed by atoms with Gasteiger partial charge in [-0.05, 0) is 25.1 Å². The number of rotatable bonds is 4. The summed E-state index contributed by atoms with van der Waals surface area (Å²) >= 11 is 11.8. The number of nitrogens with one attached hydrogen (secondary N) is 2. The predicted octanol–water partition coefficient (Wildman–Crippen LogP) is 3.21. The number of carbonyl (C=O) groups excluding carboxylic acids is 1. The van der Waals surface area contributed by atoms with Crippen molar-refractivity contribution in [1.29, 1.82) is 0 Å². The Balaban J connectivity index is 2.64. The van der Waals surface area contributed by atoms with E-state index in [0.717, 1.165) is 0 Å². The van der Waals surface area contributed by atoms with E-state index in [0.29, 0.717) is 21.3 Å². The van der Waals surface area contributed by atoms with Crippen LogP contribution >= 0.6 is 23.2 Å². The van der Waals surface area contributed by atoms with Crippen molar-refractivity contribution < 1.29 is 9.53 Å². The van der Waals surface area contributed by atoms with E-state index in [2.05, 4.69) is 22.2 Å². The molecule has 4 nitrogen and oxygen atoms in total. The molecule has 1 aromatic carbocycles. The Bertz CT molecular complexity index is 435. The number of hydrogen-bond donors (Lipinski definition) is 2. The second-order valence-corrected chi connectivity index (χ2v) is 3.92. The molecule has 2 N–H and O–H groups in total. The summed E-state index contributed by atoms with van der Waals surface area (Å²) in [4.78, 5) is 11.0. The van der Waals surface area contributed by atoms with Crippen LogP contribution in [0.5, 0.6) is 0 Å². The summed E-state index contributed by atoms with van der Waals surface area (Å²) in [5, 5.41) is 1.01. The molecular formula is C11H12Cl2N2O2. The van der Waals surface area contributed by atoms with E-state index in [4.69, 9.17) is 23.2 Å². The lowest BCUT2D eigenvalue weighted by molar-refractivity contribution is 0.149. The average Bonchev–Trinajstić information content (AvgIpc) is 2.29. The molecule has 0 bridgehead atoms. The van der Waals surface area contributed by atoms with Gasteiger partial charge in [-0.3, -0.25) is 5.43 Å². The zero-order chi connectivity index (χ0) is 12.8. The second-order valence-electron chi connectivity index (χ2n) is 3.07. The molecular weight excluding hydrogens is 263 g/mol. The SMILES string of the molecule is C=C(NNC(=O)OCC)c1cc(Cl)ccc1Cl. The van der Waals surface area contributed by atoms with E-state index in [1.54, 1.807) is 25.1 Å². The number of hydrazine groups is 1. The molecule has 0 saturated heterocycles. The first-order valence-corrected chi connectivity index (χ1v) is 5.63. The van der Waals surface area contributed by atoms with Crippen LogP contribution in [0.15, 0.2) is 24.8 Å². The number of hydrogen-bond acceptors (Lipinski definition) is 3. The lowest BCUT2D eigenvalue weighted by Crippen LogP contribution is -2.36. The predicted molar refractivity (Wildman–Crippen MR) is 68.8 cm³/mol. The minimum absolute atomic E-state index is 0.290. The maximum Gasteiger partial charge on any atom is 0.425 e. The summed E-state index contributed by atoms with van der Waals surface area (Å²) < 4.78 is 4.67. The fourth-order valence-corrected chi connectivity index (χ4v) is 1.49. The van der Waals surface area contributed by atoms with Gasteiger partial charge in [0.25, 0.3) is 0 Å². The third-order valence-corrected chi connectivity index (χ3v) is 2.41. The van der Waals surface area contributed by atoms with Crippen LogP contribution < -0.4 is 10.9 Å². The minimum Gasteiger partial charge on any atom is -0.449 e. The van der Waals surface area contributed by atoms with Crippen LogP contribution in [0.2, 0.25) is 10.0 Å². The average molecular weight is 275 g/mol. The summed E-state index contributed by atoms with van der Waals surface area (Å²) in [7, 11) is 0. The number of carbonyl (C=O) groups is 1. The van der Waals surface area contributed by atoms with Crippen molar-refractivity contribution >= 4 is 35.0 Å². The number of halogens is 2. The summed E-state index contributed by atoms with van der Waals surface area (Å²) in [6, 6.07) is 4.96. The van der Waals surface area contributed by atoms with Crippen molar-refractivity contribution in [3.05, 3.63) is 40.4 Å². The van der Waals surface area contributed by atoms with Gasteiger partial charge >= 0.3 is 6.09 Å². The molecule has 1 aromatic rings. The van der Waals surface area contributed by atoms with Gasteiger partial charge in [-0.15, -0.1) is 0 Å². The maximum atomic E-state index is 11.0. The van der Waals surface area contributed by atoms with Crippen LogP contribution in [0.3, 0.4) is 0 Å². The summed E-state index contributed by atoms with van der Waals surface area (Å²) in [6.45, 7) is 5.73. The Morgan fingerprint density at radius 2 is 2.12 bits per heavy atom. The first kappa shape index (κ1) is 13.7. The molecule has 0 aliphatic heterocycles. The standard InChI is InChI=1S/C11H12Cl2N2O2/c1-3-17-11(16)15-14-7(2)9-6-8(12)4-5-10(9)13/h4-6,14H,2-3H2,1H3,(H,15,16). The largest absolute Gasteiger partial charge is 0.449 e. The van der Waals surface area contributed by atoms with Gasteiger partial charge in [0.05, 0.1) is 17.3 Å². The molecule has 0 aliphatic rings. The van der Waals surface area contributed by atoms with E-state index in [1.807, 2.05) is 0 Å². The van der Waals surface area contributed by atoms with Gasteiger partial charge in [0.2, 0.25) is 0 Å². The molecule has 0 spiro atoms. The lowest BCUT2D eigenvalue weighted by Gasteiger charge is -2.12. The first-order chi connectivity index (χ1) is 8.04. The molecule has 17 heavy (non-hydrogen) atoms. The molecule has 0 fully saturated rings. The molecule has 92 valence electrons. The van der Waals surface area contributed by atoms with Crippen molar-refractivity contribution in [1.82, 2.24) is 10.9 Å². The summed E-state index contributed by atoms with van der Waals surface area (Å²) in [6.07, 6.45) is -0.591. The molecule has 0 saturated carbocycles. The fourth-order valence-electron chi connectivity index (χ4n) is 1.09. The smallest absolute Gasteiger partial charge is 0.425 e. The number of benzene rings is 1. The van der Waals surface area contributed by atoms with Gasteiger partial charge in [0, 0.05) is 10.6 Å². The zero-order valence-electron chi connectivity index (χ0n) is 9.22. The van der Waals surface area contributed by atoms with Gasteiger partial charge in [-0.1, -0.05) is 29.8 Å². The van der Waals surface area contributed by atoms with Crippen LogP contribution in [0.1, 0.15) is 12.5 Å². The molecule has 0 unspecified atom stereocenters. The Morgan fingerprint density at radius 3 is 2.76 bits per heavy atom. The Kier molecular flexibility index (Phi) is 5.12. The van der Waals surface area contributed by atoms with Crippen LogP contribution in [0.25, 0.3) is 5.70 Å². The van der Waals surface area contributed by atoms with Crippen LogP contribution in [-0.2, 0) is 4.74 Å². The molecule has 0 radical (unpaired) electrons. The Labute approximate surface area is 110 Å². The van der Waals surface area contributed by atoms with Crippen molar-refractivity contribution in [2.24, 2.45) is 0 Å². The van der Waals surface area contributed by atoms with Crippen molar-refractivity contribution in [2.75, 3.05) is 6.61 Å². The quantitative estimate of drug-likeness (QED) is 0.829. The third-order valence-electron chi connectivity index (χ3n) is 1.84. The summed E-state index contributed by atoms with van der Waals surface area (Å²) in [5.74, 6) is 0. The van der Waals surface area contributed by atoms with Crippen molar-refractivity contribution in [3.63, 3.8) is 0 Å². The molecule has 0 aliphatic carbocycles. The highest BCUT2D eigenvalue weighted by Crippen LogP contribution is 2.24. The molecule has 0 atom stereocenters. The van der Waals surface area contributed by atoms with Crippen LogP contribution in [-0.4, -0.2) is 12.7 Å². The van der Waals surface area contributed by atoms with Gasteiger partial charge in [0.15, 0.2) is 0 Å². The fraction of sp³-hybridized carbons (Fsp3) is 0.182. The second kappa shape index (κ2) is 6.37. The Hall–Kier alpha value is -1.39. The normalized spacial score (nSPS) is 9.59. The maximum absolute atomic E-state index is 11.0. The molecule has 0 heterocycles. The van der Waals surface area contributed by atoms with Crippen molar-refractivity contribution in [2.45, 2.75) is 6.92 Å². The van der Waals surface area contributed by atoms with Crippen LogP contribution in [0, 0.1) is 0 Å². The van der Waals surface area contributed by atoms with E-state index in [-0.39, 0.29) is 6.61 Å². The summed E-state index contributed by atoms with van der Waals surface area (Å²) in [5.41, 5.74) is 5.93. The van der Waals surface area contributed by atoms with Gasteiger partial charge in [0.1, 0.15) is 0 Å². The molecule has 0 aromatic heterocycles. The minimum atomic E-state index is -0.591. The topological polar surface area (TPSA) is 50.4 Å². The van der Waals surface area contributed by atoms with E-state index >= 15 is 0 Å². The van der Waals surface area contributed by atoms with Gasteiger partial charge in [-0.25, -0.2) is 10.2 Å². The van der Waals surface area contributed by atoms with E-state index < -0.39 is 6.09 Å². The lowest BCUT2D eigenvalue weighted by atomic mass is 10.2. The molecule has 1 rings (SSSR count). The van der Waals surface area contributed by atoms with E-state index in [1.165, 1.54) is 0 Å². The zero-order valence-corrected chi connectivity index (χ0v) is 10.7. The Morgan fingerprint density at radius 1 is 1.41 bits per heavy atom. The van der Waals surface area contributed by atoms with Crippen molar-refractivity contribution in [3.8, 4) is 0 Å². The molecule has 6 heteroatoms.